The van der Waals surface area contributed by atoms with Crippen molar-refractivity contribution in [2.75, 3.05) is 6.54 Å². The number of carbonyl (C=O) groups is 1. The molecule has 18 heavy (non-hydrogen) atoms. The molecule has 1 aliphatic heterocycles. The normalized spacial score (nSPS) is 18.7. The molecular formula is C14H15NO2S. The minimum absolute atomic E-state index is 0.0763. The second-order valence-corrected chi connectivity index (χ2v) is 5.48. The summed E-state index contributed by atoms with van der Waals surface area (Å²) in [4.78, 5) is 15.8. The summed E-state index contributed by atoms with van der Waals surface area (Å²) in [5.41, 5.74) is 1.97. The van der Waals surface area contributed by atoms with Crippen LogP contribution in [0.5, 0.6) is 0 Å². The van der Waals surface area contributed by atoms with Gasteiger partial charge in [-0.1, -0.05) is 6.92 Å². The number of furan rings is 1. The van der Waals surface area contributed by atoms with Gasteiger partial charge in [0.05, 0.1) is 17.9 Å². The van der Waals surface area contributed by atoms with Gasteiger partial charge in [-0.2, -0.15) is 0 Å². The van der Waals surface area contributed by atoms with Crippen molar-refractivity contribution in [3.8, 4) is 0 Å². The van der Waals surface area contributed by atoms with Gasteiger partial charge in [-0.05, 0) is 35.9 Å². The molecule has 3 rings (SSSR count). The zero-order valence-corrected chi connectivity index (χ0v) is 11.1. The molecule has 0 spiro atoms. The third-order valence-electron chi connectivity index (χ3n) is 3.51. The maximum absolute atomic E-state index is 12.4. The van der Waals surface area contributed by atoms with E-state index in [9.17, 15) is 4.79 Å². The zero-order chi connectivity index (χ0) is 12.5. The number of carbonyl (C=O) groups excluding carboxylic acids is 1. The van der Waals surface area contributed by atoms with Gasteiger partial charge >= 0.3 is 0 Å². The smallest absolute Gasteiger partial charge is 0.257 e. The second kappa shape index (κ2) is 4.61. The Labute approximate surface area is 110 Å². The van der Waals surface area contributed by atoms with E-state index in [0.717, 1.165) is 19.4 Å². The van der Waals surface area contributed by atoms with Crippen LogP contribution >= 0.6 is 11.3 Å². The number of hydrogen-bond donors (Lipinski definition) is 0. The lowest BCUT2D eigenvalue weighted by Crippen LogP contribution is -2.39. The molecule has 0 radical (unpaired) electrons. The first kappa shape index (κ1) is 11.5. The first-order valence-corrected chi connectivity index (χ1v) is 7.08. The van der Waals surface area contributed by atoms with Crippen molar-refractivity contribution in [3.05, 3.63) is 46.0 Å². The Bertz CT molecular complexity index is 544. The molecule has 0 aromatic carbocycles. The monoisotopic (exact) mass is 261 g/mol. The molecule has 0 fully saturated rings. The Hall–Kier alpha value is -1.55. The number of fused-ring (bicyclic) bond motifs is 1. The molecule has 0 bridgehead atoms. The van der Waals surface area contributed by atoms with Crippen LogP contribution in [0.15, 0.2) is 34.5 Å². The first-order chi connectivity index (χ1) is 8.81. The standard InChI is InChI=1S/C14H15NO2S/c1-2-12-11-5-8-18-13(11)3-6-15(12)14(16)10-4-7-17-9-10/h4-5,7-9,12H,2-3,6H2,1H3/t12-/m1/s1. The van der Waals surface area contributed by atoms with Gasteiger partial charge < -0.3 is 9.32 Å². The lowest BCUT2D eigenvalue weighted by molar-refractivity contribution is 0.0657. The Morgan fingerprint density at radius 3 is 3.17 bits per heavy atom. The minimum atomic E-state index is 0.0763. The molecule has 0 N–H and O–H groups in total. The molecule has 0 unspecified atom stereocenters. The van der Waals surface area contributed by atoms with Gasteiger partial charge in [0.25, 0.3) is 5.91 Å². The van der Waals surface area contributed by atoms with Crippen molar-refractivity contribution in [2.45, 2.75) is 25.8 Å². The molecule has 4 heteroatoms. The zero-order valence-electron chi connectivity index (χ0n) is 10.3. The van der Waals surface area contributed by atoms with Gasteiger partial charge in [0.1, 0.15) is 6.26 Å². The van der Waals surface area contributed by atoms with E-state index in [1.807, 2.05) is 4.90 Å². The van der Waals surface area contributed by atoms with Crippen molar-refractivity contribution in [1.29, 1.82) is 0 Å². The Balaban J connectivity index is 1.92. The summed E-state index contributed by atoms with van der Waals surface area (Å²) in [7, 11) is 0. The number of amides is 1. The fourth-order valence-electron chi connectivity index (χ4n) is 2.63. The molecule has 1 atom stereocenters. The molecule has 1 amide bonds. The molecule has 2 aromatic heterocycles. The quantitative estimate of drug-likeness (QED) is 0.829. The Morgan fingerprint density at radius 1 is 1.56 bits per heavy atom. The van der Waals surface area contributed by atoms with E-state index in [2.05, 4.69) is 18.4 Å². The lowest BCUT2D eigenvalue weighted by atomic mass is 9.97. The summed E-state index contributed by atoms with van der Waals surface area (Å²) in [6.07, 6.45) is 4.99. The highest BCUT2D eigenvalue weighted by molar-refractivity contribution is 7.10. The van der Waals surface area contributed by atoms with E-state index in [4.69, 9.17) is 4.42 Å². The van der Waals surface area contributed by atoms with Crippen LogP contribution in [0.2, 0.25) is 0 Å². The fourth-order valence-corrected chi connectivity index (χ4v) is 3.56. The highest BCUT2D eigenvalue weighted by atomic mass is 32.1. The molecule has 0 saturated carbocycles. The van der Waals surface area contributed by atoms with Crippen molar-refractivity contribution in [3.63, 3.8) is 0 Å². The van der Waals surface area contributed by atoms with Crippen LogP contribution in [-0.2, 0) is 6.42 Å². The van der Waals surface area contributed by atoms with Crippen LogP contribution in [0.1, 0.15) is 40.2 Å². The topological polar surface area (TPSA) is 33.5 Å². The SMILES string of the molecule is CC[C@@H]1c2ccsc2CCN1C(=O)c1ccoc1. The molecule has 3 heterocycles. The number of thiophene rings is 1. The molecule has 0 aliphatic carbocycles. The van der Waals surface area contributed by atoms with Gasteiger partial charge in [-0.25, -0.2) is 0 Å². The van der Waals surface area contributed by atoms with Crippen LogP contribution in [0.25, 0.3) is 0 Å². The van der Waals surface area contributed by atoms with Crippen molar-refractivity contribution in [1.82, 2.24) is 4.90 Å². The maximum Gasteiger partial charge on any atom is 0.257 e. The van der Waals surface area contributed by atoms with E-state index in [-0.39, 0.29) is 11.9 Å². The van der Waals surface area contributed by atoms with Gasteiger partial charge in [0.2, 0.25) is 0 Å². The molecule has 94 valence electrons. The minimum Gasteiger partial charge on any atom is -0.472 e. The van der Waals surface area contributed by atoms with Crippen LogP contribution in [-0.4, -0.2) is 17.4 Å². The highest BCUT2D eigenvalue weighted by Crippen LogP contribution is 2.35. The third-order valence-corrected chi connectivity index (χ3v) is 4.51. The summed E-state index contributed by atoms with van der Waals surface area (Å²) in [5, 5.41) is 2.12. The first-order valence-electron chi connectivity index (χ1n) is 6.20. The van der Waals surface area contributed by atoms with E-state index in [0.29, 0.717) is 5.56 Å². The van der Waals surface area contributed by atoms with E-state index >= 15 is 0 Å². The van der Waals surface area contributed by atoms with Crippen LogP contribution in [0.4, 0.5) is 0 Å². The molecule has 2 aromatic rings. The molecule has 0 saturated heterocycles. The fraction of sp³-hybridized carbons (Fsp3) is 0.357. The maximum atomic E-state index is 12.4. The average Bonchev–Trinajstić information content (AvgIpc) is 3.06. The summed E-state index contributed by atoms with van der Waals surface area (Å²) in [6.45, 7) is 2.93. The predicted octanol–water partition coefficient (Wildman–Crippen LogP) is 3.49. The van der Waals surface area contributed by atoms with Gasteiger partial charge in [0, 0.05) is 11.4 Å². The van der Waals surface area contributed by atoms with Crippen molar-refractivity contribution in [2.24, 2.45) is 0 Å². The summed E-state index contributed by atoms with van der Waals surface area (Å²) in [6, 6.07) is 4.10. The predicted molar refractivity (Wildman–Crippen MR) is 70.8 cm³/mol. The molecule has 1 aliphatic rings. The Morgan fingerprint density at radius 2 is 2.44 bits per heavy atom. The summed E-state index contributed by atoms with van der Waals surface area (Å²) < 4.78 is 5.00. The summed E-state index contributed by atoms with van der Waals surface area (Å²) >= 11 is 1.80. The van der Waals surface area contributed by atoms with Gasteiger partial charge in [0.15, 0.2) is 0 Å². The van der Waals surface area contributed by atoms with Crippen LogP contribution < -0.4 is 0 Å². The van der Waals surface area contributed by atoms with Gasteiger partial charge in [-0.3, -0.25) is 4.79 Å². The third kappa shape index (κ3) is 1.77. The van der Waals surface area contributed by atoms with E-state index in [1.165, 1.54) is 16.7 Å². The van der Waals surface area contributed by atoms with Crippen molar-refractivity contribution < 1.29 is 9.21 Å². The van der Waals surface area contributed by atoms with E-state index < -0.39 is 0 Å². The van der Waals surface area contributed by atoms with Gasteiger partial charge in [-0.15, -0.1) is 11.3 Å². The number of nitrogens with zero attached hydrogens (tertiary/aromatic N) is 1. The highest BCUT2D eigenvalue weighted by Gasteiger charge is 2.31. The molecule has 3 nitrogen and oxygen atoms in total. The van der Waals surface area contributed by atoms with Crippen LogP contribution in [0.3, 0.4) is 0 Å². The number of rotatable bonds is 2. The van der Waals surface area contributed by atoms with Crippen molar-refractivity contribution >= 4 is 17.2 Å². The lowest BCUT2D eigenvalue weighted by Gasteiger charge is -2.35. The average molecular weight is 261 g/mol. The summed E-state index contributed by atoms with van der Waals surface area (Å²) in [5.74, 6) is 0.0763. The van der Waals surface area contributed by atoms with Crippen LogP contribution in [0, 0.1) is 0 Å². The largest absolute Gasteiger partial charge is 0.472 e. The number of hydrogen-bond acceptors (Lipinski definition) is 3. The van der Waals surface area contributed by atoms with E-state index in [1.54, 1.807) is 23.7 Å². The Kier molecular flexibility index (Phi) is 2.96. The molecular weight excluding hydrogens is 246 g/mol. The second-order valence-electron chi connectivity index (χ2n) is 4.48.